The minimum Gasteiger partial charge on any atom is -0.452 e. The van der Waals surface area contributed by atoms with Gasteiger partial charge in [-0.05, 0) is 35.4 Å². The molecule has 0 aliphatic rings. The van der Waals surface area contributed by atoms with Gasteiger partial charge in [0.25, 0.3) is 11.6 Å². The van der Waals surface area contributed by atoms with Crippen molar-refractivity contribution >= 4 is 46.2 Å². The number of benzene rings is 1. The Labute approximate surface area is 146 Å². The number of rotatable bonds is 6. The van der Waals surface area contributed by atoms with Crippen molar-refractivity contribution < 1.29 is 19.2 Å². The summed E-state index contributed by atoms with van der Waals surface area (Å²) < 4.78 is 5.06. The first kappa shape index (κ1) is 17.9. The van der Waals surface area contributed by atoms with Crippen molar-refractivity contribution in [1.29, 1.82) is 0 Å². The normalized spacial score (nSPS) is 11.6. The minimum atomic E-state index is -1.03. The summed E-state index contributed by atoms with van der Waals surface area (Å²) in [5, 5.41) is 16.8. The first-order valence-corrected chi connectivity index (χ1v) is 8.14. The lowest BCUT2D eigenvalue weighted by Gasteiger charge is -2.14. The second kappa shape index (κ2) is 7.89. The molecule has 2 aromatic rings. The van der Waals surface area contributed by atoms with Gasteiger partial charge in [0.05, 0.1) is 22.1 Å². The topological polar surface area (TPSA) is 98.5 Å². The summed E-state index contributed by atoms with van der Waals surface area (Å²) >= 11 is 7.36. The number of nitro benzene ring substituents is 1. The highest BCUT2D eigenvalue weighted by Crippen LogP contribution is 2.26. The van der Waals surface area contributed by atoms with Crippen LogP contribution < -0.4 is 5.32 Å². The zero-order chi connectivity index (χ0) is 17.7. The lowest BCUT2D eigenvalue weighted by molar-refractivity contribution is -0.384. The third kappa shape index (κ3) is 4.77. The number of ether oxygens (including phenoxy) is 1. The molecule has 2 rings (SSSR count). The van der Waals surface area contributed by atoms with Gasteiger partial charge in [-0.1, -0.05) is 11.6 Å². The molecule has 1 heterocycles. The Morgan fingerprint density at radius 3 is 2.75 bits per heavy atom. The number of carbonyl (C=O) groups is 2. The SMILES string of the molecule is CC(OC(=O)Cc1ccsc1)C(=O)Nc1ccc([N+](=O)[O-])cc1Cl. The molecular formula is C15H13ClN2O5S. The number of esters is 1. The summed E-state index contributed by atoms with van der Waals surface area (Å²) in [6.07, 6.45) is -0.943. The summed E-state index contributed by atoms with van der Waals surface area (Å²) in [5.41, 5.74) is 0.831. The Balaban J connectivity index is 1.93. The van der Waals surface area contributed by atoms with Crippen molar-refractivity contribution in [2.45, 2.75) is 19.4 Å². The van der Waals surface area contributed by atoms with E-state index in [0.717, 1.165) is 11.6 Å². The maximum absolute atomic E-state index is 12.0. The van der Waals surface area contributed by atoms with E-state index in [1.165, 1.54) is 30.4 Å². The summed E-state index contributed by atoms with van der Waals surface area (Å²) in [6, 6.07) is 5.46. The van der Waals surface area contributed by atoms with Crippen molar-refractivity contribution in [3.63, 3.8) is 0 Å². The van der Waals surface area contributed by atoms with E-state index in [2.05, 4.69) is 5.32 Å². The molecule has 126 valence electrons. The monoisotopic (exact) mass is 368 g/mol. The van der Waals surface area contributed by atoms with Crippen LogP contribution in [-0.4, -0.2) is 22.9 Å². The van der Waals surface area contributed by atoms with Crippen LogP contribution in [0.25, 0.3) is 0 Å². The van der Waals surface area contributed by atoms with Gasteiger partial charge in [-0.15, -0.1) is 0 Å². The highest BCUT2D eigenvalue weighted by molar-refractivity contribution is 7.08. The molecule has 7 nitrogen and oxygen atoms in total. The van der Waals surface area contributed by atoms with Crippen LogP contribution in [0.2, 0.25) is 5.02 Å². The molecule has 1 amide bonds. The fourth-order valence-electron chi connectivity index (χ4n) is 1.81. The number of anilines is 1. The molecule has 1 N–H and O–H groups in total. The van der Waals surface area contributed by atoms with Crippen LogP contribution in [0.4, 0.5) is 11.4 Å². The maximum atomic E-state index is 12.0. The van der Waals surface area contributed by atoms with E-state index in [1.807, 2.05) is 10.8 Å². The van der Waals surface area contributed by atoms with E-state index in [-0.39, 0.29) is 22.8 Å². The molecular weight excluding hydrogens is 356 g/mol. The smallest absolute Gasteiger partial charge is 0.311 e. The largest absolute Gasteiger partial charge is 0.452 e. The Kier molecular flexibility index (Phi) is 5.88. The minimum absolute atomic E-state index is 0.0225. The summed E-state index contributed by atoms with van der Waals surface area (Å²) in [4.78, 5) is 33.9. The standard InChI is InChI=1S/C15H13ClN2O5S/c1-9(23-14(19)6-10-4-5-24-8-10)15(20)17-13-3-2-11(18(21)22)7-12(13)16/h2-5,7-9H,6H2,1H3,(H,17,20). The average molecular weight is 369 g/mol. The highest BCUT2D eigenvalue weighted by atomic mass is 35.5. The van der Waals surface area contributed by atoms with Gasteiger partial charge >= 0.3 is 5.97 Å². The Morgan fingerprint density at radius 2 is 2.17 bits per heavy atom. The molecule has 0 radical (unpaired) electrons. The Hall–Kier alpha value is -2.45. The first-order valence-electron chi connectivity index (χ1n) is 6.82. The number of nitro groups is 1. The van der Waals surface area contributed by atoms with Gasteiger partial charge in [0, 0.05) is 12.1 Å². The number of carbonyl (C=O) groups excluding carboxylic acids is 2. The Bertz CT molecular complexity index is 763. The third-order valence-electron chi connectivity index (χ3n) is 3.03. The number of nitrogens with one attached hydrogen (secondary N) is 1. The van der Waals surface area contributed by atoms with E-state index in [1.54, 1.807) is 6.07 Å². The van der Waals surface area contributed by atoms with E-state index >= 15 is 0 Å². The molecule has 1 aromatic heterocycles. The van der Waals surface area contributed by atoms with Gasteiger partial charge in [0.15, 0.2) is 6.10 Å². The van der Waals surface area contributed by atoms with Crippen molar-refractivity contribution in [3.05, 3.63) is 55.7 Å². The molecule has 0 saturated carbocycles. The molecule has 0 fully saturated rings. The first-order chi connectivity index (χ1) is 11.4. The molecule has 1 aromatic carbocycles. The Morgan fingerprint density at radius 1 is 1.42 bits per heavy atom. The van der Waals surface area contributed by atoms with Crippen LogP contribution in [0.5, 0.6) is 0 Å². The third-order valence-corrected chi connectivity index (χ3v) is 4.07. The van der Waals surface area contributed by atoms with Gasteiger partial charge in [-0.25, -0.2) is 0 Å². The molecule has 9 heteroatoms. The fraction of sp³-hybridized carbons (Fsp3) is 0.200. The van der Waals surface area contributed by atoms with Crippen LogP contribution in [0, 0.1) is 10.1 Å². The second-order valence-corrected chi connectivity index (χ2v) is 6.04. The lowest BCUT2D eigenvalue weighted by atomic mass is 10.2. The lowest BCUT2D eigenvalue weighted by Crippen LogP contribution is -2.30. The number of amides is 1. The molecule has 0 saturated heterocycles. The summed E-state index contributed by atoms with van der Waals surface area (Å²) in [6.45, 7) is 1.43. The van der Waals surface area contributed by atoms with Crippen molar-refractivity contribution in [2.24, 2.45) is 0 Å². The number of non-ortho nitro benzene ring substituents is 1. The predicted molar refractivity (Wildman–Crippen MR) is 90.3 cm³/mol. The zero-order valence-corrected chi connectivity index (χ0v) is 14.1. The summed E-state index contributed by atoms with van der Waals surface area (Å²) in [7, 11) is 0. The van der Waals surface area contributed by atoms with E-state index in [4.69, 9.17) is 16.3 Å². The van der Waals surface area contributed by atoms with Crippen LogP contribution in [0.1, 0.15) is 12.5 Å². The van der Waals surface area contributed by atoms with E-state index < -0.39 is 22.9 Å². The quantitative estimate of drug-likeness (QED) is 0.478. The molecule has 1 atom stereocenters. The summed E-state index contributed by atoms with van der Waals surface area (Å²) in [5.74, 6) is -1.10. The van der Waals surface area contributed by atoms with Crippen molar-refractivity contribution in [3.8, 4) is 0 Å². The van der Waals surface area contributed by atoms with Gasteiger partial charge in [-0.3, -0.25) is 19.7 Å². The van der Waals surface area contributed by atoms with Crippen molar-refractivity contribution in [1.82, 2.24) is 0 Å². The van der Waals surface area contributed by atoms with Gasteiger partial charge in [-0.2, -0.15) is 11.3 Å². The highest BCUT2D eigenvalue weighted by Gasteiger charge is 2.20. The van der Waals surface area contributed by atoms with Gasteiger partial charge in [0.2, 0.25) is 0 Å². The zero-order valence-electron chi connectivity index (χ0n) is 12.5. The number of thiophene rings is 1. The molecule has 0 aliphatic carbocycles. The molecule has 24 heavy (non-hydrogen) atoms. The average Bonchev–Trinajstić information content (AvgIpc) is 3.01. The van der Waals surface area contributed by atoms with Crippen LogP contribution in [0.3, 0.4) is 0 Å². The second-order valence-electron chi connectivity index (χ2n) is 4.85. The predicted octanol–water partition coefficient (Wildman–Crippen LogP) is 3.42. The maximum Gasteiger partial charge on any atom is 0.311 e. The fourth-order valence-corrected chi connectivity index (χ4v) is 2.70. The van der Waals surface area contributed by atoms with Crippen LogP contribution >= 0.6 is 22.9 Å². The van der Waals surface area contributed by atoms with Crippen molar-refractivity contribution in [2.75, 3.05) is 5.32 Å². The molecule has 0 bridgehead atoms. The van der Waals surface area contributed by atoms with Crippen LogP contribution in [0.15, 0.2) is 35.0 Å². The molecule has 0 spiro atoms. The molecule has 0 aliphatic heterocycles. The van der Waals surface area contributed by atoms with E-state index in [0.29, 0.717) is 0 Å². The van der Waals surface area contributed by atoms with Crippen LogP contribution in [-0.2, 0) is 20.7 Å². The van der Waals surface area contributed by atoms with E-state index in [9.17, 15) is 19.7 Å². The van der Waals surface area contributed by atoms with Gasteiger partial charge < -0.3 is 10.1 Å². The number of hydrogen-bond donors (Lipinski definition) is 1. The number of nitrogens with zero attached hydrogens (tertiary/aromatic N) is 1. The number of halogens is 1. The molecule has 1 unspecified atom stereocenters. The van der Waals surface area contributed by atoms with Gasteiger partial charge in [0.1, 0.15) is 0 Å². The number of hydrogen-bond acceptors (Lipinski definition) is 6.